The molecule has 3 heterocycles. The lowest BCUT2D eigenvalue weighted by atomic mass is 10.2. The summed E-state index contributed by atoms with van der Waals surface area (Å²) in [6.07, 6.45) is 4.50. The minimum Gasteiger partial charge on any atom is -0.486 e. The molecule has 0 spiro atoms. The van der Waals surface area contributed by atoms with E-state index in [-0.39, 0.29) is 5.91 Å². The van der Waals surface area contributed by atoms with Crippen molar-refractivity contribution >= 4 is 23.4 Å². The molecule has 8 heteroatoms. The van der Waals surface area contributed by atoms with E-state index in [0.717, 1.165) is 65.1 Å². The van der Waals surface area contributed by atoms with Crippen molar-refractivity contribution in [2.75, 3.05) is 24.3 Å². The van der Waals surface area contributed by atoms with Crippen LogP contribution in [0.3, 0.4) is 0 Å². The Kier molecular flexibility index (Phi) is 5.80. The second kappa shape index (κ2) is 9.01. The van der Waals surface area contributed by atoms with E-state index in [2.05, 4.69) is 20.1 Å². The maximum atomic E-state index is 12.5. The third-order valence-electron chi connectivity index (χ3n) is 5.40. The van der Waals surface area contributed by atoms with Crippen LogP contribution in [0.5, 0.6) is 11.5 Å². The summed E-state index contributed by atoms with van der Waals surface area (Å²) >= 11 is 1.47. The molecule has 3 aromatic rings. The first-order valence-corrected chi connectivity index (χ1v) is 11.6. The molecule has 0 saturated heterocycles. The standard InChI is InChI=1S/C23H24N4O3S/c28-22(15-31-18-8-9-19-20(14-18)30-12-11-29-19)24-17-6-4-5-16(13-17)23-26-25-21-7-2-1-3-10-27(21)23/h4-6,8-9,13-14H,1-3,7,10-12,15H2,(H,24,28). The summed E-state index contributed by atoms with van der Waals surface area (Å²) in [6, 6.07) is 13.6. The van der Waals surface area contributed by atoms with Gasteiger partial charge in [0.2, 0.25) is 5.91 Å². The molecule has 0 atom stereocenters. The van der Waals surface area contributed by atoms with Crippen LogP contribution in [0.25, 0.3) is 11.4 Å². The molecule has 1 N–H and O–H groups in total. The molecule has 1 amide bonds. The van der Waals surface area contributed by atoms with E-state index >= 15 is 0 Å². The fraction of sp³-hybridized carbons (Fsp3) is 0.348. The van der Waals surface area contributed by atoms with Crippen LogP contribution in [0.15, 0.2) is 47.4 Å². The number of anilines is 1. The van der Waals surface area contributed by atoms with Crippen LogP contribution in [0, 0.1) is 0 Å². The van der Waals surface area contributed by atoms with Crippen molar-refractivity contribution in [3.05, 3.63) is 48.3 Å². The zero-order valence-corrected chi connectivity index (χ0v) is 18.0. The third-order valence-corrected chi connectivity index (χ3v) is 6.39. The lowest BCUT2D eigenvalue weighted by molar-refractivity contribution is -0.113. The van der Waals surface area contributed by atoms with Crippen molar-refractivity contribution in [3.63, 3.8) is 0 Å². The molecule has 31 heavy (non-hydrogen) atoms. The minimum absolute atomic E-state index is 0.0582. The number of benzene rings is 2. The predicted octanol–water partition coefficient (Wildman–Crippen LogP) is 4.17. The number of hydrogen-bond acceptors (Lipinski definition) is 6. The fourth-order valence-electron chi connectivity index (χ4n) is 3.89. The van der Waals surface area contributed by atoms with Gasteiger partial charge in [0.05, 0.1) is 5.75 Å². The highest BCUT2D eigenvalue weighted by atomic mass is 32.2. The Morgan fingerprint density at radius 2 is 1.94 bits per heavy atom. The van der Waals surface area contributed by atoms with E-state index in [4.69, 9.17) is 9.47 Å². The largest absolute Gasteiger partial charge is 0.486 e. The first kappa shape index (κ1) is 19.9. The Hall–Kier alpha value is -3.00. The highest BCUT2D eigenvalue weighted by Gasteiger charge is 2.17. The summed E-state index contributed by atoms with van der Waals surface area (Å²) in [5.74, 6) is 3.66. The van der Waals surface area contributed by atoms with Crippen molar-refractivity contribution in [3.8, 4) is 22.9 Å². The van der Waals surface area contributed by atoms with Gasteiger partial charge in [0.25, 0.3) is 0 Å². The number of aryl methyl sites for hydroxylation is 1. The number of carbonyl (C=O) groups excluding carboxylic acids is 1. The molecule has 0 aliphatic carbocycles. The lowest BCUT2D eigenvalue weighted by Crippen LogP contribution is -2.15. The summed E-state index contributed by atoms with van der Waals surface area (Å²) in [4.78, 5) is 13.5. The van der Waals surface area contributed by atoms with Crippen molar-refractivity contribution in [2.24, 2.45) is 0 Å². The second-order valence-electron chi connectivity index (χ2n) is 7.63. The van der Waals surface area contributed by atoms with Crippen molar-refractivity contribution in [2.45, 2.75) is 37.1 Å². The molecular formula is C23H24N4O3S. The topological polar surface area (TPSA) is 78.3 Å². The average Bonchev–Trinajstić information content (AvgIpc) is 3.06. The number of rotatable bonds is 5. The number of nitrogens with one attached hydrogen (secondary N) is 1. The van der Waals surface area contributed by atoms with E-state index in [9.17, 15) is 4.79 Å². The number of hydrogen-bond donors (Lipinski definition) is 1. The van der Waals surface area contributed by atoms with Gasteiger partial charge in [-0.25, -0.2) is 0 Å². The second-order valence-corrected chi connectivity index (χ2v) is 8.67. The van der Waals surface area contributed by atoms with Gasteiger partial charge in [-0.1, -0.05) is 18.6 Å². The van der Waals surface area contributed by atoms with Crippen molar-refractivity contribution in [1.82, 2.24) is 14.8 Å². The molecule has 2 aliphatic heterocycles. The average molecular weight is 437 g/mol. The maximum absolute atomic E-state index is 12.5. The number of carbonyl (C=O) groups is 1. The van der Waals surface area contributed by atoms with Crippen LogP contribution in [-0.2, 0) is 17.8 Å². The summed E-state index contributed by atoms with van der Waals surface area (Å²) in [6.45, 7) is 2.06. The van der Waals surface area contributed by atoms with Gasteiger partial charge >= 0.3 is 0 Å². The molecule has 0 bridgehead atoms. The van der Waals surface area contributed by atoms with Crippen LogP contribution in [0.4, 0.5) is 5.69 Å². The Labute approximate surface area is 185 Å². The van der Waals surface area contributed by atoms with Crippen LogP contribution < -0.4 is 14.8 Å². The van der Waals surface area contributed by atoms with Crippen LogP contribution >= 0.6 is 11.8 Å². The molecular weight excluding hydrogens is 412 g/mol. The Balaban J connectivity index is 1.24. The molecule has 7 nitrogen and oxygen atoms in total. The molecule has 0 radical (unpaired) electrons. The number of nitrogens with zero attached hydrogens (tertiary/aromatic N) is 3. The highest BCUT2D eigenvalue weighted by Crippen LogP contribution is 2.34. The maximum Gasteiger partial charge on any atom is 0.234 e. The smallest absolute Gasteiger partial charge is 0.234 e. The van der Waals surface area contributed by atoms with E-state index in [1.165, 1.54) is 18.2 Å². The van der Waals surface area contributed by atoms with E-state index in [0.29, 0.717) is 19.0 Å². The van der Waals surface area contributed by atoms with Gasteiger partial charge in [0, 0.05) is 29.1 Å². The number of amides is 1. The summed E-state index contributed by atoms with van der Waals surface area (Å²) in [5.41, 5.74) is 1.73. The lowest BCUT2D eigenvalue weighted by Gasteiger charge is -2.18. The Bertz CT molecular complexity index is 1100. The summed E-state index contributed by atoms with van der Waals surface area (Å²) in [7, 11) is 0. The van der Waals surface area contributed by atoms with Gasteiger partial charge in [-0.2, -0.15) is 0 Å². The first-order valence-electron chi connectivity index (χ1n) is 10.6. The summed E-state index contributed by atoms with van der Waals surface area (Å²) in [5, 5.41) is 11.8. The van der Waals surface area contributed by atoms with E-state index in [1.807, 2.05) is 42.5 Å². The Morgan fingerprint density at radius 3 is 2.87 bits per heavy atom. The normalized spacial score (nSPS) is 15.1. The van der Waals surface area contributed by atoms with Gasteiger partial charge in [0.15, 0.2) is 17.3 Å². The van der Waals surface area contributed by atoms with E-state index < -0.39 is 0 Å². The monoisotopic (exact) mass is 436 g/mol. The number of ether oxygens (including phenoxy) is 2. The predicted molar refractivity (Wildman–Crippen MR) is 120 cm³/mol. The Morgan fingerprint density at radius 1 is 1.03 bits per heavy atom. The van der Waals surface area contributed by atoms with Crippen molar-refractivity contribution < 1.29 is 14.3 Å². The van der Waals surface area contributed by atoms with Crippen molar-refractivity contribution in [1.29, 1.82) is 0 Å². The van der Waals surface area contributed by atoms with Gasteiger partial charge in [0.1, 0.15) is 19.0 Å². The van der Waals surface area contributed by atoms with Crippen LogP contribution in [0.1, 0.15) is 25.1 Å². The molecule has 2 aliphatic rings. The first-order chi connectivity index (χ1) is 15.3. The minimum atomic E-state index is -0.0582. The van der Waals surface area contributed by atoms with Crippen LogP contribution in [-0.4, -0.2) is 39.6 Å². The quantitative estimate of drug-likeness (QED) is 0.605. The van der Waals surface area contributed by atoms with Gasteiger partial charge in [-0.15, -0.1) is 22.0 Å². The molecule has 0 unspecified atom stereocenters. The highest BCUT2D eigenvalue weighted by molar-refractivity contribution is 8.00. The zero-order valence-electron chi connectivity index (χ0n) is 17.2. The molecule has 5 rings (SSSR count). The number of fused-ring (bicyclic) bond motifs is 2. The number of thioether (sulfide) groups is 1. The molecule has 0 fully saturated rings. The molecule has 1 aromatic heterocycles. The number of aromatic nitrogens is 3. The van der Waals surface area contributed by atoms with Gasteiger partial charge in [-0.3, -0.25) is 4.79 Å². The molecule has 0 saturated carbocycles. The SMILES string of the molecule is O=C(CSc1ccc2c(c1)OCCO2)Nc1cccc(-c2nnc3n2CCCCC3)c1. The molecule has 160 valence electrons. The molecule has 2 aromatic carbocycles. The van der Waals surface area contributed by atoms with Gasteiger partial charge in [-0.05, 0) is 43.2 Å². The van der Waals surface area contributed by atoms with E-state index in [1.54, 1.807) is 0 Å². The zero-order chi connectivity index (χ0) is 21.0. The fourth-order valence-corrected chi connectivity index (χ4v) is 4.62. The summed E-state index contributed by atoms with van der Waals surface area (Å²) < 4.78 is 13.4. The third kappa shape index (κ3) is 4.54. The van der Waals surface area contributed by atoms with Crippen LogP contribution in [0.2, 0.25) is 0 Å². The van der Waals surface area contributed by atoms with Gasteiger partial charge < -0.3 is 19.4 Å².